The van der Waals surface area contributed by atoms with Crippen LogP contribution in [0.15, 0.2) is 29.1 Å². The maximum atomic E-state index is 13.0. The van der Waals surface area contributed by atoms with E-state index in [-0.39, 0.29) is 17.4 Å². The van der Waals surface area contributed by atoms with Crippen LogP contribution in [0.25, 0.3) is 0 Å². The molecule has 0 fully saturated rings. The molecule has 106 valence electrons. The van der Waals surface area contributed by atoms with Crippen molar-refractivity contribution in [2.45, 2.75) is 26.4 Å². The maximum absolute atomic E-state index is 13.0. The molecule has 0 radical (unpaired) electrons. The first kappa shape index (κ1) is 14.7. The van der Waals surface area contributed by atoms with E-state index in [4.69, 9.17) is 11.6 Å². The number of hydrogen-bond acceptors (Lipinski definition) is 3. The fourth-order valence-corrected chi connectivity index (χ4v) is 2.27. The summed E-state index contributed by atoms with van der Waals surface area (Å²) in [5.41, 5.74) is 1.28. The molecule has 6 heteroatoms. The van der Waals surface area contributed by atoms with Gasteiger partial charge in [0.25, 0.3) is 5.56 Å². The lowest BCUT2D eigenvalue weighted by atomic mass is 10.1. The molecule has 0 aliphatic rings. The summed E-state index contributed by atoms with van der Waals surface area (Å²) in [5, 5.41) is 3.56. The van der Waals surface area contributed by atoms with Crippen molar-refractivity contribution in [1.29, 1.82) is 0 Å². The second-order valence-corrected chi connectivity index (χ2v) is 5.01. The smallest absolute Gasteiger partial charge is 0.251 e. The van der Waals surface area contributed by atoms with E-state index in [1.807, 2.05) is 6.92 Å². The van der Waals surface area contributed by atoms with Gasteiger partial charge in [0.2, 0.25) is 0 Å². The van der Waals surface area contributed by atoms with Crippen LogP contribution in [0.2, 0.25) is 5.02 Å². The molecular weight excluding hydrogens is 281 g/mol. The number of benzene rings is 1. The number of hydrogen-bond donors (Lipinski definition) is 2. The van der Waals surface area contributed by atoms with Gasteiger partial charge in [-0.2, -0.15) is 0 Å². The van der Waals surface area contributed by atoms with Crippen molar-refractivity contribution in [3.8, 4) is 0 Å². The third-order valence-corrected chi connectivity index (χ3v) is 3.25. The Kier molecular flexibility index (Phi) is 4.52. The fraction of sp³-hybridized carbons (Fsp3) is 0.286. The standard InChI is InChI=1S/C14H15ClFN3O/c1-8-5-14(20)19-13(18-8)7-17-9(2)11-4-3-10(16)6-12(11)15/h3-6,9,17H,7H2,1-2H3,(H,18,19,20)/t9-/m1/s1. The van der Waals surface area contributed by atoms with Gasteiger partial charge in [-0.1, -0.05) is 17.7 Å². The second kappa shape index (κ2) is 6.15. The first-order valence-corrected chi connectivity index (χ1v) is 6.58. The molecule has 2 aromatic rings. The van der Waals surface area contributed by atoms with Gasteiger partial charge in [-0.25, -0.2) is 9.37 Å². The highest BCUT2D eigenvalue weighted by molar-refractivity contribution is 6.31. The van der Waals surface area contributed by atoms with Gasteiger partial charge in [0.05, 0.1) is 6.54 Å². The number of H-pyrrole nitrogens is 1. The average Bonchev–Trinajstić information content (AvgIpc) is 2.35. The van der Waals surface area contributed by atoms with Gasteiger partial charge >= 0.3 is 0 Å². The number of nitrogens with one attached hydrogen (secondary N) is 2. The molecule has 2 N–H and O–H groups in total. The normalized spacial score (nSPS) is 12.4. The van der Waals surface area contributed by atoms with E-state index >= 15 is 0 Å². The topological polar surface area (TPSA) is 57.8 Å². The van der Waals surface area contributed by atoms with E-state index in [1.165, 1.54) is 18.2 Å². The van der Waals surface area contributed by atoms with Crippen LogP contribution in [0.5, 0.6) is 0 Å². The molecule has 1 aromatic carbocycles. The van der Waals surface area contributed by atoms with Crippen molar-refractivity contribution in [3.05, 3.63) is 62.5 Å². The molecule has 0 saturated heterocycles. The van der Waals surface area contributed by atoms with Crippen molar-refractivity contribution in [2.24, 2.45) is 0 Å². The molecule has 0 spiro atoms. The van der Waals surface area contributed by atoms with Gasteiger partial charge in [0.1, 0.15) is 11.6 Å². The van der Waals surface area contributed by atoms with Crippen molar-refractivity contribution in [2.75, 3.05) is 0 Å². The Morgan fingerprint density at radius 3 is 2.85 bits per heavy atom. The molecule has 1 heterocycles. The Morgan fingerprint density at radius 1 is 1.45 bits per heavy atom. The summed E-state index contributed by atoms with van der Waals surface area (Å²) in [7, 11) is 0. The van der Waals surface area contributed by atoms with Gasteiger partial charge < -0.3 is 10.3 Å². The van der Waals surface area contributed by atoms with Gasteiger partial charge in [0, 0.05) is 22.8 Å². The summed E-state index contributed by atoms with van der Waals surface area (Å²) in [6.07, 6.45) is 0. The van der Waals surface area contributed by atoms with Gasteiger partial charge in [-0.05, 0) is 31.5 Å². The Hall–Kier alpha value is -1.72. The van der Waals surface area contributed by atoms with Crippen LogP contribution in [-0.2, 0) is 6.54 Å². The van der Waals surface area contributed by atoms with Crippen LogP contribution < -0.4 is 10.9 Å². The van der Waals surface area contributed by atoms with Crippen LogP contribution >= 0.6 is 11.6 Å². The molecule has 4 nitrogen and oxygen atoms in total. The summed E-state index contributed by atoms with van der Waals surface area (Å²) in [6, 6.07) is 5.63. The molecule has 1 atom stereocenters. The zero-order chi connectivity index (χ0) is 14.7. The number of aryl methyl sites for hydroxylation is 1. The lowest BCUT2D eigenvalue weighted by molar-refractivity contribution is 0.555. The minimum atomic E-state index is -0.365. The Labute approximate surface area is 121 Å². The third-order valence-electron chi connectivity index (χ3n) is 2.92. The molecule has 0 aliphatic heterocycles. The van der Waals surface area contributed by atoms with E-state index in [1.54, 1.807) is 13.0 Å². The van der Waals surface area contributed by atoms with Gasteiger partial charge in [-0.15, -0.1) is 0 Å². The van der Waals surface area contributed by atoms with Crippen molar-refractivity contribution in [3.63, 3.8) is 0 Å². The third kappa shape index (κ3) is 3.65. The summed E-state index contributed by atoms with van der Waals surface area (Å²) in [6.45, 7) is 4.07. The zero-order valence-electron chi connectivity index (χ0n) is 11.2. The van der Waals surface area contributed by atoms with Crippen LogP contribution in [0.4, 0.5) is 4.39 Å². The summed E-state index contributed by atoms with van der Waals surface area (Å²) >= 11 is 6.00. The maximum Gasteiger partial charge on any atom is 0.251 e. The minimum absolute atomic E-state index is 0.0890. The van der Waals surface area contributed by atoms with E-state index in [0.717, 1.165) is 5.56 Å². The van der Waals surface area contributed by atoms with Crippen LogP contribution in [0.1, 0.15) is 30.0 Å². The Balaban J connectivity index is 2.08. The monoisotopic (exact) mass is 295 g/mol. The lowest BCUT2D eigenvalue weighted by Crippen LogP contribution is -2.22. The number of aromatic amines is 1. The number of rotatable bonds is 4. The predicted molar refractivity (Wildman–Crippen MR) is 76.3 cm³/mol. The van der Waals surface area contributed by atoms with Crippen LogP contribution in [0, 0.1) is 12.7 Å². The highest BCUT2D eigenvalue weighted by Gasteiger charge is 2.10. The zero-order valence-corrected chi connectivity index (χ0v) is 12.0. The van der Waals surface area contributed by atoms with E-state index in [0.29, 0.717) is 23.1 Å². The van der Waals surface area contributed by atoms with Crippen molar-refractivity contribution >= 4 is 11.6 Å². The highest BCUT2D eigenvalue weighted by Crippen LogP contribution is 2.23. The van der Waals surface area contributed by atoms with E-state index in [9.17, 15) is 9.18 Å². The summed E-state index contributed by atoms with van der Waals surface area (Å²) in [5.74, 6) is 0.190. The first-order chi connectivity index (χ1) is 9.45. The molecule has 0 unspecified atom stereocenters. The van der Waals surface area contributed by atoms with E-state index in [2.05, 4.69) is 15.3 Å². The largest absolute Gasteiger partial charge is 0.309 e. The SMILES string of the molecule is Cc1cc(=O)[nH]c(CN[C@H](C)c2ccc(F)cc2Cl)n1. The number of halogens is 2. The quantitative estimate of drug-likeness (QED) is 0.912. The molecule has 0 amide bonds. The van der Waals surface area contributed by atoms with Crippen molar-refractivity contribution < 1.29 is 4.39 Å². The van der Waals surface area contributed by atoms with Crippen LogP contribution in [-0.4, -0.2) is 9.97 Å². The molecule has 20 heavy (non-hydrogen) atoms. The molecule has 0 bridgehead atoms. The first-order valence-electron chi connectivity index (χ1n) is 6.21. The molecule has 0 aliphatic carbocycles. The second-order valence-electron chi connectivity index (χ2n) is 4.60. The lowest BCUT2D eigenvalue weighted by Gasteiger charge is -2.15. The molecule has 2 rings (SSSR count). The van der Waals surface area contributed by atoms with E-state index < -0.39 is 0 Å². The summed E-state index contributed by atoms with van der Waals surface area (Å²) in [4.78, 5) is 18.2. The van der Waals surface area contributed by atoms with Crippen molar-refractivity contribution in [1.82, 2.24) is 15.3 Å². The number of aromatic nitrogens is 2. The predicted octanol–water partition coefficient (Wildman–Crippen LogP) is 2.72. The van der Waals surface area contributed by atoms with Crippen LogP contribution in [0.3, 0.4) is 0 Å². The summed E-state index contributed by atoms with van der Waals surface area (Å²) < 4.78 is 13.0. The van der Waals surface area contributed by atoms with Gasteiger partial charge in [-0.3, -0.25) is 4.79 Å². The minimum Gasteiger partial charge on any atom is -0.309 e. The average molecular weight is 296 g/mol. The Bertz CT molecular complexity index is 672. The molecular formula is C14H15ClFN3O. The number of nitrogens with zero attached hydrogens (tertiary/aromatic N) is 1. The van der Waals surface area contributed by atoms with Gasteiger partial charge in [0.15, 0.2) is 0 Å². The molecule has 1 aromatic heterocycles. The molecule has 0 saturated carbocycles. The fourth-order valence-electron chi connectivity index (χ4n) is 1.94. The Morgan fingerprint density at radius 2 is 2.20 bits per heavy atom. The highest BCUT2D eigenvalue weighted by atomic mass is 35.5.